The highest BCUT2D eigenvalue weighted by Crippen LogP contribution is 2.43. The summed E-state index contributed by atoms with van der Waals surface area (Å²) in [5.74, 6) is 1.55. The van der Waals surface area contributed by atoms with E-state index in [0.29, 0.717) is 48.2 Å². The number of benzene rings is 1. The summed E-state index contributed by atoms with van der Waals surface area (Å²) in [6.07, 6.45) is 1.36. The molecule has 3 N–H and O–H groups in total. The number of nitrogens with zero attached hydrogens (tertiary/aromatic N) is 4. The fourth-order valence-corrected chi connectivity index (χ4v) is 5.18. The summed E-state index contributed by atoms with van der Waals surface area (Å²) in [7, 11) is 3.19. The van der Waals surface area contributed by atoms with Crippen molar-refractivity contribution in [3.05, 3.63) is 34.5 Å². The number of hydrogen-bond donors (Lipinski definition) is 2. The van der Waals surface area contributed by atoms with E-state index in [1.807, 2.05) is 18.2 Å². The lowest BCUT2D eigenvalue weighted by molar-refractivity contribution is -0.123. The Labute approximate surface area is 178 Å². The van der Waals surface area contributed by atoms with Crippen molar-refractivity contribution in [2.75, 3.05) is 27.3 Å². The Bertz CT molecular complexity index is 1070. The van der Waals surface area contributed by atoms with Crippen LogP contribution >= 0.6 is 11.3 Å². The largest absolute Gasteiger partial charge is 0.493 e. The zero-order valence-electron chi connectivity index (χ0n) is 17.2. The van der Waals surface area contributed by atoms with Crippen molar-refractivity contribution in [2.45, 2.75) is 25.8 Å². The third-order valence-corrected chi connectivity index (χ3v) is 6.65. The first-order chi connectivity index (χ1) is 14.4. The topological polar surface area (TPSA) is 115 Å². The van der Waals surface area contributed by atoms with Gasteiger partial charge in [0.1, 0.15) is 5.82 Å². The number of rotatable bonds is 6. The summed E-state index contributed by atoms with van der Waals surface area (Å²) in [6.45, 7) is 3.15. The summed E-state index contributed by atoms with van der Waals surface area (Å²) in [6, 6.07) is 5.50. The highest BCUT2D eigenvalue weighted by atomic mass is 32.1. The number of aryl methyl sites for hydroxylation is 1. The number of likely N-dealkylation sites (tertiary alicyclic amines) is 1. The Balaban J connectivity index is 1.78. The Hall–Kier alpha value is -2.85. The quantitative estimate of drug-likeness (QED) is 0.614. The molecule has 1 aliphatic heterocycles. The number of carbonyl (C=O) groups excluding carboxylic acids is 1. The number of aromatic nitrogens is 3. The van der Waals surface area contributed by atoms with Gasteiger partial charge >= 0.3 is 0 Å². The van der Waals surface area contributed by atoms with Gasteiger partial charge in [-0.3, -0.25) is 9.69 Å². The van der Waals surface area contributed by atoms with Crippen LogP contribution in [-0.4, -0.2) is 57.8 Å². The van der Waals surface area contributed by atoms with Crippen LogP contribution in [-0.2, 0) is 4.79 Å². The third kappa shape index (κ3) is 3.56. The minimum absolute atomic E-state index is 0.0763. The van der Waals surface area contributed by atoms with E-state index in [9.17, 15) is 9.90 Å². The molecule has 30 heavy (non-hydrogen) atoms. The number of hydrogen-bond acceptors (Lipinski definition) is 8. The molecular weight excluding hydrogens is 406 g/mol. The monoisotopic (exact) mass is 431 g/mol. The second kappa shape index (κ2) is 8.11. The van der Waals surface area contributed by atoms with Crippen LogP contribution in [0.4, 0.5) is 0 Å². The number of nitrogens with two attached hydrogens (primary N) is 1. The summed E-state index contributed by atoms with van der Waals surface area (Å²) in [4.78, 5) is 19.6. The van der Waals surface area contributed by atoms with E-state index < -0.39 is 0 Å². The van der Waals surface area contributed by atoms with Crippen molar-refractivity contribution in [2.24, 2.45) is 11.7 Å². The van der Waals surface area contributed by atoms with Crippen LogP contribution < -0.4 is 15.2 Å². The number of thiazole rings is 1. The lowest BCUT2D eigenvalue weighted by Crippen LogP contribution is -2.40. The van der Waals surface area contributed by atoms with Crippen LogP contribution in [0.25, 0.3) is 4.96 Å². The molecule has 0 radical (unpaired) electrons. The second-order valence-corrected chi connectivity index (χ2v) is 8.38. The molecule has 0 aliphatic carbocycles. The first-order valence-corrected chi connectivity index (χ1v) is 10.5. The van der Waals surface area contributed by atoms with E-state index in [1.54, 1.807) is 21.1 Å². The molecule has 0 bridgehead atoms. The van der Waals surface area contributed by atoms with Crippen molar-refractivity contribution in [3.8, 4) is 17.4 Å². The number of carbonyl (C=O) groups is 1. The molecule has 10 heteroatoms. The highest BCUT2D eigenvalue weighted by molar-refractivity contribution is 7.17. The average Bonchev–Trinajstić information content (AvgIpc) is 3.25. The molecule has 3 aromatic rings. The minimum Gasteiger partial charge on any atom is -0.493 e. The van der Waals surface area contributed by atoms with Crippen LogP contribution in [0.2, 0.25) is 0 Å². The highest BCUT2D eigenvalue weighted by Gasteiger charge is 2.33. The van der Waals surface area contributed by atoms with E-state index in [0.717, 1.165) is 10.4 Å². The van der Waals surface area contributed by atoms with Gasteiger partial charge in [-0.25, -0.2) is 4.98 Å². The first-order valence-electron chi connectivity index (χ1n) is 9.73. The van der Waals surface area contributed by atoms with Gasteiger partial charge in [-0.05, 0) is 50.6 Å². The second-order valence-electron chi connectivity index (χ2n) is 7.37. The number of aromatic hydroxyl groups is 1. The SMILES string of the molecule is COc1ccc([C@@H](c2sc3nc(C)nn3c2O)N2CCC(C(N)=O)CC2)cc1OC. The Morgan fingerprint density at radius 2 is 1.97 bits per heavy atom. The van der Waals surface area contributed by atoms with Crippen LogP contribution in [0, 0.1) is 12.8 Å². The number of piperidine rings is 1. The lowest BCUT2D eigenvalue weighted by Gasteiger charge is -2.36. The number of fused-ring (bicyclic) bond motifs is 1. The zero-order chi connectivity index (χ0) is 21.4. The zero-order valence-corrected chi connectivity index (χ0v) is 18.0. The molecule has 1 amide bonds. The van der Waals surface area contributed by atoms with Gasteiger partial charge in [0, 0.05) is 5.92 Å². The van der Waals surface area contributed by atoms with E-state index >= 15 is 0 Å². The molecule has 1 saturated heterocycles. The van der Waals surface area contributed by atoms with E-state index in [2.05, 4.69) is 15.0 Å². The Kier molecular flexibility index (Phi) is 5.52. The normalized spacial score (nSPS) is 16.6. The molecule has 2 aromatic heterocycles. The predicted octanol–water partition coefficient (Wildman–Crippen LogP) is 2.11. The standard InChI is InChI=1S/C20H25N5O4S/c1-11-22-20-25(23-11)19(27)17(30-20)16(24-8-6-12(7-9-24)18(21)26)13-4-5-14(28-2)15(10-13)29-3/h4-5,10,12,16,27H,6-9H2,1-3H3,(H2,21,26)/t16-/m0/s1. The average molecular weight is 432 g/mol. The Morgan fingerprint density at radius 1 is 1.27 bits per heavy atom. The van der Waals surface area contributed by atoms with Crippen molar-refractivity contribution < 1.29 is 19.4 Å². The van der Waals surface area contributed by atoms with Gasteiger partial charge in [-0.15, -0.1) is 5.10 Å². The minimum atomic E-state index is -0.255. The number of amides is 1. The molecule has 1 aliphatic rings. The molecule has 0 saturated carbocycles. The Morgan fingerprint density at radius 3 is 2.57 bits per heavy atom. The van der Waals surface area contributed by atoms with Crippen molar-refractivity contribution in [1.29, 1.82) is 0 Å². The number of primary amides is 1. The van der Waals surface area contributed by atoms with Crippen molar-refractivity contribution in [3.63, 3.8) is 0 Å². The maximum Gasteiger partial charge on any atom is 0.230 e. The molecule has 1 aromatic carbocycles. The van der Waals surface area contributed by atoms with Gasteiger partial charge in [0.2, 0.25) is 16.7 Å². The van der Waals surface area contributed by atoms with Crippen LogP contribution in [0.15, 0.2) is 18.2 Å². The maximum absolute atomic E-state index is 11.6. The molecule has 3 heterocycles. The molecule has 1 atom stereocenters. The predicted molar refractivity (Wildman–Crippen MR) is 112 cm³/mol. The smallest absolute Gasteiger partial charge is 0.230 e. The van der Waals surface area contributed by atoms with Gasteiger partial charge < -0.3 is 20.3 Å². The van der Waals surface area contributed by atoms with Gasteiger partial charge in [-0.1, -0.05) is 17.4 Å². The maximum atomic E-state index is 11.6. The van der Waals surface area contributed by atoms with Crippen LogP contribution in [0.1, 0.15) is 35.1 Å². The fraction of sp³-hybridized carbons (Fsp3) is 0.450. The first kappa shape index (κ1) is 20.4. The molecule has 9 nitrogen and oxygen atoms in total. The number of ether oxygens (including phenoxy) is 2. The van der Waals surface area contributed by atoms with Gasteiger partial charge in [0.15, 0.2) is 11.5 Å². The van der Waals surface area contributed by atoms with Crippen molar-refractivity contribution in [1.82, 2.24) is 19.5 Å². The lowest BCUT2D eigenvalue weighted by atomic mass is 9.93. The molecule has 160 valence electrons. The summed E-state index contributed by atoms with van der Waals surface area (Å²) in [5, 5.41) is 15.2. The van der Waals surface area contributed by atoms with Gasteiger partial charge in [-0.2, -0.15) is 4.52 Å². The summed E-state index contributed by atoms with van der Waals surface area (Å²) < 4.78 is 12.3. The fourth-order valence-electron chi connectivity index (χ4n) is 4.02. The summed E-state index contributed by atoms with van der Waals surface area (Å²) in [5.41, 5.74) is 6.46. The summed E-state index contributed by atoms with van der Waals surface area (Å²) >= 11 is 1.41. The molecule has 1 fully saturated rings. The van der Waals surface area contributed by atoms with Crippen LogP contribution in [0.3, 0.4) is 0 Å². The van der Waals surface area contributed by atoms with Gasteiger partial charge in [0.05, 0.1) is 25.1 Å². The molecular formula is C20H25N5O4S. The van der Waals surface area contributed by atoms with E-state index in [1.165, 1.54) is 15.9 Å². The van der Waals surface area contributed by atoms with Crippen molar-refractivity contribution >= 4 is 22.2 Å². The molecule has 0 unspecified atom stereocenters. The van der Waals surface area contributed by atoms with E-state index in [4.69, 9.17) is 15.2 Å². The molecule has 4 rings (SSSR count). The van der Waals surface area contributed by atoms with E-state index in [-0.39, 0.29) is 23.7 Å². The number of methoxy groups -OCH3 is 2. The molecule has 0 spiro atoms. The third-order valence-electron chi connectivity index (χ3n) is 5.57. The van der Waals surface area contributed by atoms with Gasteiger partial charge in [0.25, 0.3) is 0 Å². The van der Waals surface area contributed by atoms with Crippen LogP contribution in [0.5, 0.6) is 17.4 Å².